The molecule has 4 rings (SSSR count). The van der Waals surface area contributed by atoms with Gasteiger partial charge in [-0.25, -0.2) is 4.39 Å². The van der Waals surface area contributed by atoms with Crippen LogP contribution in [-0.4, -0.2) is 72.4 Å². The van der Waals surface area contributed by atoms with Crippen LogP contribution in [0.5, 0.6) is 5.75 Å². The Kier molecular flexibility index (Phi) is 7.78. The Balaban J connectivity index is 1.44. The number of hydrogen-bond donors (Lipinski definition) is 1. The molecule has 2 heterocycles. The van der Waals surface area contributed by atoms with E-state index in [0.717, 1.165) is 24.8 Å². The first-order valence-corrected chi connectivity index (χ1v) is 12.2. The molecular weight excluding hydrogens is 431 g/mol. The van der Waals surface area contributed by atoms with Crippen LogP contribution in [0.2, 0.25) is 0 Å². The summed E-state index contributed by atoms with van der Waals surface area (Å²) in [5, 5.41) is 12.3. The van der Waals surface area contributed by atoms with Crippen molar-refractivity contribution in [2.45, 2.75) is 44.4 Å². The van der Waals surface area contributed by atoms with Crippen molar-refractivity contribution >= 4 is 17.2 Å². The fourth-order valence-corrected chi connectivity index (χ4v) is 5.16. The number of nitrogens with zero attached hydrogens (tertiary/aromatic N) is 2. The second kappa shape index (κ2) is 10.7. The van der Waals surface area contributed by atoms with Crippen LogP contribution in [0.15, 0.2) is 35.7 Å². The number of benzene rings is 1. The molecule has 1 amide bonds. The first-order chi connectivity index (χ1) is 15.5. The van der Waals surface area contributed by atoms with Crippen LogP contribution in [0.1, 0.15) is 36.2 Å². The average Bonchev–Trinajstić information content (AvgIpc) is 3.52. The third-order valence-corrected chi connectivity index (χ3v) is 6.98. The maximum absolute atomic E-state index is 13.6. The lowest BCUT2D eigenvalue weighted by Crippen LogP contribution is -2.48. The zero-order valence-corrected chi connectivity index (χ0v) is 19.2. The molecule has 2 aliphatic rings. The molecule has 32 heavy (non-hydrogen) atoms. The van der Waals surface area contributed by atoms with Crippen LogP contribution in [0, 0.1) is 5.82 Å². The highest BCUT2D eigenvalue weighted by atomic mass is 32.1. The van der Waals surface area contributed by atoms with Gasteiger partial charge in [-0.05, 0) is 55.3 Å². The topological polar surface area (TPSA) is 62.2 Å². The predicted octanol–water partition coefficient (Wildman–Crippen LogP) is 3.25. The summed E-state index contributed by atoms with van der Waals surface area (Å²) >= 11 is 1.70. The number of aliphatic hydroxyl groups is 1. The summed E-state index contributed by atoms with van der Waals surface area (Å²) in [5.41, 5.74) is 1.11. The summed E-state index contributed by atoms with van der Waals surface area (Å²) in [5.74, 6) is 0.143. The van der Waals surface area contributed by atoms with E-state index < -0.39 is 6.10 Å². The second-order valence-corrected chi connectivity index (χ2v) is 9.40. The van der Waals surface area contributed by atoms with Gasteiger partial charge in [0.15, 0.2) is 0 Å². The number of rotatable bonds is 11. The van der Waals surface area contributed by atoms with Gasteiger partial charge in [0.2, 0.25) is 5.91 Å². The van der Waals surface area contributed by atoms with Gasteiger partial charge in [0.25, 0.3) is 0 Å². The molecule has 0 spiro atoms. The van der Waals surface area contributed by atoms with E-state index in [4.69, 9.17) is 9.47 Å². The molecule has 0 bridgehead atoms. The molecule has 1 aliphatic heterocycles. The average molecular weight is 463 g/mol. The van der Waals surface area contributed by atoms with Gasteiger partial charge in [0.1, 0.15) is 18.2 Å². The minimum absolute atomic E-state index is 0.0326. The van der Waals surface area contributed by atoms with Crippen molar-refractivity contribution in [3.63, 3.8) is 0 Å². The van der Waals surface area contributed by atoms with Crippen LogP contribution >= 0.6 is 11.3 Å². The highest BCUT2D eigenvalue weighted by molar-refractivity contribution is 7.10. The number of aliphatic hydroxyl groups excluding tert-OH is 1. The third kappa shape index (κ3) is 5.86. The molecule has 2 atom stereocenters. The minimum Gasteiger partial charge on any atom is -0.491 e. The van der Waals surface area contributed by atoms with Crippen molar-refractivity contribution in [2.24, 2.45) is 0 Å². The molecule has 6 nitrogen and oxygen atoms in total. The summed E-state index contributed by atoms with van der Waals surface area (Å²) in [6, 6.07) is 8.27. The van der Waals surface area contributed by atoms with Gasteiger partial charge < -0.3 is 19.5 Å². The lowest BCUT2D eigenvalue weighted by Gasteiger charge is -2.37. The Morgan fingerprint density at radius 3 is 2.97 bits per heavy atom. The van der Waals surface area contributed by atoms with E-state index in [2.05, 4.69) is 16.3 Å². The number of hydrogen-bond acceptors (Lipinski definition) is 6. The largest absolute Gasteiger partial charge is 0.491 e. The monoisotopic (exact) mass is 462 g/mol. The van der Waals surface area contributed by atoms with E-state index in [1.165, 1.54) is 17.0 Å². The first-order valence-electron chi connectivity index (χ1n) is 11.3. The summed E-state index contributed by atoms with van der Waals surface area (Å²) in [7, 11) is 0. The Morgan fingerprint density at radius 2 is 2.22 bits per heavy atom. The van der Waals surface area contributed by atoms with Gasteiger partial charge in [0, 0.05) is 36.7 Å². The Bertz CT molecular complexity index is 904. The molecule has 2 aromatic rings. The SMILES string of the molecule is CCOCC(O)CN(CC(=O)N1CCc2sccc2C1COc1cccc(F)c1)C1CC1. The lowest BCUT2D eigenvalue weighted by atomic mass is 10.0. The number of amides is 1. The van der Waals surface area contributed by atoms with E-state index in [-0.39, 0.29) is 37.5 Å². The van der Waals surface area contributed by atoms with E-state index in [9.17, 15) is 14.3 Å². The quantitative estimate of drug-likeness (QED) is 0.556. The summed E-state index contributed by atoms with van der Waals surface area (Å²) < 4.78 is 24.8. The Hall–Kier alpha value is -2.00. The molecule has 1 aromatic carbocycles. The van der Waals surface area contributed by atoms with Crippen molar-refractivity contribution in [3.05, 3.63) is 52.0 Å². The number of ether oxygens (including phenoxy) is 2. The highest BCUT2D eigenvalue weighted by Gasteiger charge is 2.36. The second-order valence-electron chi connectivity index (χ2n) is 8.39. The smallest absolute Gasteiger partial charge is 0.237 e. The third-order valence-electron chi connectivity index (χ3n) is 5.98. The maximum Gasteiger partial charge on any atom is 0.237 e. The molecule has 1 saturated carbocycles. The van der Waals surface area contributed by atoms with E-state index in [1.54, 1.807) is 23.5 Å². The summed E-state index contributed by atoms with van der Waals surface area (Å²) in [6.07, 6.45) is 2.32. The van der Waals surface area contributed by atoms with Gasteiger partial charge in [-0.3, -0.25) is 9.69 Å². The van der Waals surface area contributed by atoms with Crippen molar-refractivity contribution in [1.29, 1.82) is 0 Å². The van der Waals surface area contributed by atoms with Gasteiger partial charge in [-0.15, -0.1) is 11.3 Å². The molecule has 1 aliphatic carbocycles. The fraction of sp³-hybridized carbons (Fsp3) is 0.542. The van der Waals surface area contributed by atoms with Gasteiger partial charge in [-0.2, -0.15) is 0 Å². The number of carbonyl (C=O) groups is 1. The summed E-state index contributed by atoms with van der Waals surface area (Å²) in [4.78, 5) is 18.6. The maximum atomic E-state index is 13.6. The predicted molar refractivity (Wildman–Crippen MR) is 121 cm³/mol. The van der Waals surface area contributed by atoms with Crippen molar-refractivity contribution < 1.29 is 23.8 Å². The van der Waals surface area contributed by atoms with E-state index >= 15 is 0 Å². The van der Waals surface area contributed by atoms with Crippen molar-refractivity contribution in [1.82, 2.24) is 9.80 Å². The van der Waals surface area contributed by atoms with Gasteiger partial charge >= 0.3 is 0 Å². The molecule has 0 saturated heterocycles. The number of fused-ring (bicyclic) bond motifs is 1. The van der Waals surface area contributed by atoms with Crippen LogP contribution in [-0.2, 0) is 16.0 Å². The van der Waals surface area contributed by atoms with Crippen LogP contribution in [0.4, 0.5) is 4.39 Å². The van der Waals surface area contributed by atoms with Crippen molar-refractivity contribution in [2.75, 3.05) is 39.5 Å². The molecular formula is C24H31FN2O4S. The number of thiophene rings is 1. The van der Waals surface area contributed by atoms with Crippen LogP contribution < -0.4 is 4.74 Å². The molecule has 0 radical (unpaired) electrons. The normalized spacial score (nSPS) is 19.1. The Morgan fingerprint density at radius 1 is 1.38 bits per heavy atom. The molecule has 8 heteroatoms. The highest BCUT2D eigenvalue weighted by Crippen LogP contribution is 2.34. The Labute approximate surface area is 192 Å². The number of carbonyl (C=O) groups excluding carboxylic acids is 1. The molecule has 1 aromatic heterocycles. The zero-order chi connectivity index (χ0) is 22.5. The summed E-state index contributed by atoms with van der Waals surface area (Å²) in [6.45, 7) is 4.33. The van der Waals surface area contributed by atoms with Gasteiger partial charge in [-0.1, -0.05) is 6.07 Å². The fourth-order valence-electron chi connectivity index (χ4n) is 4.23. The van der Waals surface area contributed by atoms with Crippen LogP contribution in [0.25, 0.3) is 0 Å². The molecule has 1 fully saturated rings. The number of halogens is 1. The molecule has 2 unspecified atom stereocenters. The van der Waals surface area contributed by atoms with E-state index in [0.29, 0.717) is 31.5 Å². The first kappa shape index (κ1) is 23.2. The zero-order valence-electron chi connectivity index (χ0n) is 18.4. The van der Waals surface area contributed by atoms with E-state index in [1.807, 2.05) is 11.8 Å². The molecule has 1 N–H and O–H groups in total. The van der Waals surface area contributed by atoms with Gasteiger partial charge in [0.05, 0.1) is 25.3 Å². The standard InChI is InChI=1S/C24H31FN2O4S/c1-2-30-15-19(28)13-26(18-6-7-18)14-24(29)27-10-8-23-21(9-11-32-23)22(27)16-31-20-5-3-4-17(25)12-20/h3-5,9,11-12,18-19,22,28H,2,6-8,10,13-16H2,1H3. The van der Waals surface area contributed by atoms with Crippen LogP contribution in [0.3, 0.4) is 0 Å². The minimum atomic E-state index is -0.611. The van der Waals surface area contributed by atoms with Crippen molar-refractivity contribution in [3.8, 4) is 5.75 Å². The molecule has 174 valence electrons. The lowest BCUT2D eigenvalue weighted by molar-refractivity contribution is -0.136.